The molecule has 0 aliphatic carbocycles. The molecule has 0 radical (unpaired) electrons. The second kappa shape index (κ2) is 14.6. The lowest BCUT2D eigenvalue weighted by Gasteiger charge is -2.34. The van der Waals surface area contributed by atoms with Gasteiger partial charge in [0.05, 0.1) is 10.6 Å². The van der Waals surface area contributed by atoms with E-state index in [9.17, 15) is 18.0 Å². The van der Waals surface area contributed by atoms with E-state index in [1.807, 2.05) is 82.3 Å². The van der Waals surface area contributed by atoms with Gasteiger partial charge >= 0.3 is 0 Å². The van der Waals surface area contributed by atoms with Crippen LogP contribution in [0.2, 0.25) is 5.02 Å². The maximum absolute atomic E-state index is 14.5. The molecule has 0 unspecified atom stereocenters. The highest BCUT2D eigenvalue weighted by Crippen LogP contribution is 2.27. The summed E-state index contributed by atoms with van der Waals surface area (Å²) in [6.07, 6.45) is 0.249. The lowest BCUT2D eigenvalue weighted by Crippen LogP contribution is -2.54. The van der Waals surface area contributed by atoms with E-state index in [0.717, 1.165) is 26.6 Å². The number of hydrogen-bond donors (Lipinski definition) is 1. The Kier molecular flexibility index (Phi) is 10.8. The molecule has 0 aliphatic heterocycles. The fourth-order valence-electron chi connectivity index (χ4n) is 4.94. The summed E-state index contributed by atoms with van der Waals surface area (Å²) in [6.45, 7) is 7.11. The van der Waals surface area contributed by atoms with Gasteiger partial charge in [0.15, 0.2) is 0 Å². The molecule has 0 aliphatic rings. The number of halogens is 1. The first kappa shape index (κ1) is 32.8. The Morgan fingerprint density at radius 1 is 0.795 bits per heavy atom. The van der Waals surface area contributed by atoms with Crippen molar-refractivity contribution in [2.75, 3.05) is 10.8 Å². The van der Waals surface area contributed by atoms with Gasteiger partial charge in [0.2, 0.25) is 11.8 Å². The van der Waals surface area contributed by atoms with Crippen molar-refractivity contribution in [3.05, 3.63) is 130 Å². The maximum atomic E-state index is 14.5. The summed E-state index contributed by atoms with van der Waals surface area (Å²) in [5, 5.41) is 3.30. The first-order chi connectivity index (χ1) is 20.9. The molecule has 4 aromatic carbocycles. The minimum atomic E-state index is -4.19. The van der Waals surface area contributed by atoms with E-state index < -0.39 is 28.5 Å². The zero-order valence-corrected chi connectivity index (χ0v) is 27.0. The van der Waals surface area contributed by atoms with Crippen molar-refractivity contribution in [1.29, 1.82) is 0 Å². The van der Waals surface area contributed by atoms with Crippen LogP contribution in [-0.4, -0.2) is 43.8 Å². The zero-order valence-electron chi connectivity index (χ0n) is 25.4. The highest BCUT2D eigenvalue weighted by molar-refractivity contribution is 7.92. The normalized spacial score (nSPS) is 12.0. The van der Waals surface area contributed by atoms with Crippen LogP contribution in [0, 0.1) is 13.8 Å². The van der Waals surface area contributed by atoms with Crippen LogP contribution in [0.4, 0.5) is 5.69 Å². The summed E-state index contributed by atoms with van der Waals surface area (Å²) >= 11 is 6.29. The molecular formula is C35H38ClN3O4S. The van der Waals surface area contributed by atoms with Crippen molar-refractivity contribution >= 4 is 39.1 Å². The average Bonchev–Trinajstić information content (AvgIpc) is 2.98. The number of amides is 2. The second-order valence-corrected chi connectivity index (χ2v) is 13.5. The molecule has 0 heterocycles. The second-order valence-electron chi connectivity index (χ2n) is 11.2. The molecule has 0 aromatic heterocycles. The molecule has 9 heteroatoms. The van der Waals surface area contributed by atoms with Gasteiger partial charge in [0, 0.05) is 24.0 Å². The molecule has 2 amide bonds. The molecular weight excluding hydrogens is 594 g/mol. The maximum Gasteiger partial charge on any atom is 0.264 e. The van der Waals surface area contributed by atoms with E-state index in [-0.39, 0.29) is 35.5 Å². The summed E-state index contributed by atoms with van der Waals surface area (Å²) in [4.78, 5) is 29.7. The summed E-state index contributed by atoms with van der Waals surface area (Å²) in [7, 11) is -4.19. The molecule has 4 rings (SSSR count). The summed E-state index contributed by atoms with van der Waals surface area (Å²) in [6, 6.07) is 28.9. The zero-order chi connectivity index (χ0) is 31.9. The number of hydrogen-bond acceptors (Lipinski definition) is 4. The molecule has 1 atom stereocenters. The molecule has 0 saturated heterocycles. The smallest absolute Gasteiger partial charge is 0.264 e. The highest BCUT2D eigenvalue weighted by atomic mass is 35.5. The summed E-state index contributed by atoms with van der Waals surface area (Å²) < 4.78 is 29.2. The molecule has 7 nitrogen and oxygen atoms in total. The van der Waals surface area contributed by atoms with Crippen molar-refractivity contribution in [2.24, 2.45) is 0 Å². The van der Waals surface area contributed by atoms with E-state index in [1.54, 1.807) is 30.3 Å². The predicted molar refractivity (Wildman–Crippen MR) is 176 cm³/mol. The van der Waals surface area contributed by atoms with Crippen molar-refractivity contribution in [2.45, 2.75) is 57.6 Å². The molecule has 0 saturated carbocycles. The first-order valence-corrected chi connectivity index (χ1v) is 16.3. The van der Waals surface area contributed by atoms with Crippen molar-refractivity contribution in [1.82, 2.24) is 10.2 Å². The van der Waals surface area contributed by atoms with Gasteiger partial charge < -0.3 is 10.2 Å². The number of rotatable bonds is 12. The number of carbonyl (C=O) groups is 2. The fraction of sp³-hybridized carbons (Fsp3) is 0.257. The monoisotopic (exact) mass is 631 g/mol. The van der Waals surface area contributed by atoms with Gasteiger partial charge in [-0.3, -0.25) is 13.9 Å². The number of benzene rings is 4. The number of anilines is 1. The van der Waals surface area contributed by atoms with Crippen molar-refractivity contribution in [3.8, 4) is 0 Å². The highest BCUT2D eigenvalue weighted by Gasteiger charge is 2.35. The van der Waals surface area contributed by atoms with Gasteiger partial charge in [-0.25, -0.2) is 8.42 Å². The third-order valence-corrected chi connectivity index (χ3v) is 9.14. The molecule has 230 valence electrons. The molecule has 0 bridgehead atoms. The van der Waals surface area contributed by atoms with E-state index in [2.05, 4.69) is 5.32 Å². The van der Waals surface area contributed by atoms with E-state index in [0.29, 0.717) is 5.02 Å². The SMILES string of the molecule is Cc1ccc(S(=O)(=O)N(CC(=O)N(Cc2cccc(C)c2)[C@@H](Cc2ccccc2)C(=O)NC(C)C)c2cccc(Cl)c2)cc1. The molecule has 1 N–H and O–H groups in total. The standard InChI is InChI=1S/C35H38ClN3O4S/c1-25(2)37-35(41)33(21-28-11-6-5-7-12-28)38(23-29-13-8-10-27(4)20-29)34(40)24-39(31-15-9-14-30(36)22-31)44(42,43)32-18-16-26(3)17-19-32/h5-20,22,25,33H,21,23-24H2,1-4H3,(H,37,41)/t33-/m0/s1. The van der Waals surface area contributed by atoms with Crippen LogP contribution in [0.15, 0.2) is 108 Å². The number of nitrogens with zero attached hydrogens (tertiary/aromatic N) is 2. The van der Waals surface area contributed by atoms with Gasteiger partial charge in [-0.2, -0.15) is 0 Å². The Bertz CT molecular complexity index is 1690. The quantitative estimate of drug-likeness (QED) is 0.198. The summed E-state index contributed by atoms with van der Waals surface area (Å²) in [5.74, 6) is -0.845. The molecule has 44 heavy (non-hydrogen) atoms. The number of carbonyl (C=O) groups excluding carboxylic acids is 2. The van der Waals surface area contributed by atoms with Gasteiger partial charge in [-0.15, -0.1) is 0 Å². The number of aryl methyl sites for hydroxylation is 2. The van der Waals surface area contributed by atoms with Gasteiger partial charge in [-0.05, 0) is 69.2 Å². The molecule has 4 aromatic rings. The Balaban J connectivity index is 1.81. The average molecular weight is 632 g/mol. The van der Waals surface area contributed by atoms with Gasteiger partial charge in [0.25, 0.3) is 10.0 Å². The van der Waals surface area contributed by atoms with Crippen molar-refractivity contribution in [3.63, 3.8) is 0 Å². The van der Waals surface area contributed by atoms with Crippen molar-refractivity contribution < 1.29 is 18.0 Å². The Labute approximate surface area is 265 Å². The van der Waals surface area contributed by atoms with Crippen LogP contribution >= 0.6 is 11.6 Å². The Morgan fingerprint density at radius 3 is 2.09 bits per heavy atom. The van der Waals surface area contributed by atoms with E-state index in [1.165, 1.54) is 23.1 Å². The van der Waals surface area contributed by atoms with Gasteiger partial charge in [0.1, 0.15) is 12.6 Å². The summed E-state index contributed by atoms with van der Waals surface area (Å²) in [5.41, 5.74) is 3.84. The largest absolute Gasteiger partial charge is 0.352 e. The molecule has 0 fully saturated rings. The minimum absolute atomic E-state index is 0.0412. The number of sulfonamides is 1. The van der Waals surface area contributed by atoms with Crippen LogP contribution in [-0.2, 0) is 32.6 Å². The Hall–Kier alpha value is -4.14. The lowest BCUT2D eigenvalue weighted by atomic mass is 10.0. The predicted octanol–water partition coefficient (Wildman–Crippen LogP) is 6.32. The van der Waals surface area contributed by atoms with Crippen LogP contribution in [0.25, 0.3) is 0 Å². The molecule has 0 spiro atoms. The topological polar surface area (TPSA) is 86.8 Å². The van der Waals surface area contributed by atoms with Crippen LogP contribution < -0.4 is 9.62 Å². The first-order valence-electron chi connectivity index (χ1n) is 14.5. The van der Waals surface area contributed by atoms with Crippen LogP contribution in [0.5, 0.6) is 0 Å². The fourth-order valence-corrected chi connectivity index (χ4v) is 6.53. The Morgan fingerprint density at radius 2 is 1.45 bits per heavy atom. The van der Waals surface area contributed by atoms with E-state index >= 15 is 0 Å². The van der Waals surface area contributed by atoms with Crippen LogP contribution in [0.3, 0.4) is 0 Å². The lowest BCUT2D eigenvalue weighted by molar-refractivity contribution is -0.140. The third-order valence-electron chi connectivity index (χ3n) is 7.12. The van der Waals surface area contributed by atoms with E-state index in [4.69, 9.17) is 11.6 Å². The van der Waals surface area contributed by atoms with Gasteiger partial charge in [-0.1, -0.05) is 95.5 Å². The minimum Gasteiger partial charge on any atom is -0.352 e. The van der Waals surface area contributed by atoms with Crippen LogP contribution in [0.1, 0.15) is 36.1 Å². The number of nitrogens with one attached hydrogen (secondary N) is 1. The third kappa shape index (κ3) is 8.49.